The molecule has 0 aromatic rings. The molecular weight excluding hydrogens is 164 g/mol. The van der Waals surface area contributed by atoms with Crippen LogP contribution >= 0.6 is 0 Å². The molecule has 70 valence electrons. The monoisotopic (exact) mass is 178 g/mol. The fraction of sp³-hybridized carbons (Fsp3) is 0.222. The minimum atomic E-state index is 0.396. The first-order valence-electron chi connectivity index (χ1n) is 3.85. The third kappa shape index (κ3) is 6.68. The van der Waals surface area contributed by atoms with Gasteiger partial charge in [-0.15, -0.1) is 0 Å². The molecule has 2 N–H and O–H groups in total. The summed E-state index contributed by atoms with van der Waals surface area (Å²) in [6.07, 6.45) is 6.24. The van der Waals surface area contributed by atoms with Gasteiger partial charge in [-0.3, -0.25) is 0 Å². The summed E-state index contributed by atoms with van der Waals surface area (Å²) in [5.41, 5.74) is 5.65. The van der Waals surface area contributed by atoms with E-state index < -0.39 is 0 Å². The standard InChI is InChI=1S/C9H14N4/c1-4-9(12-5-2)13-7-11-6-8(3)10/h4-7H,3,10H2,1-2H3/b9-4+,11-6-,12-5-,13-7-. The second kappa shape index (κ2) is 6.97. The average molecular weight is 178 g/mol. The predicted octanol–water partition coefficient (Wildman–Crippen LogP) is 1.51. The third-order valence-corrected chi connectivity index (χ3v) is 1.02. The summed E-state index contributed by atoms with van der Waals surface area (Å²) >= 11 is 0. The van der Waals surface area contributed by atoms with Gasteiger partial charge in [0.25, 0.3) is 0 Å². The van der Waals surface area contributed by atoms with E-state index in [1.165, 1.54) is 12.6 Å². The van der Waals surface area contributed by atoms with Crippen LogP contribution < -0.4 is 5.73 Å². The molecule has 0 atom stereocenters. The van der Waals surface area contributed by atoms with E-state index in [-0.39, 0.29) is 0 Å². The molecule has 0 saturated heterocycles. The Morgan fingerprint density at radius 2 is 2.00 bits per heavy atom. The Bertz CT molecular complexity index is 271. The van der Waals surface area contributed by atoms with Crippen molar-refractivity contribution >= 4 is 18.8 Å². The Morgan fingerprint density at radius 3 is 2.46 bits per heavy atom. The highest BCUT2D eigenvalue weighted by atomic mass is 15.0. The fourth-order valence-corrected chi connectivity index (χ4v) is 0.536. The van der Waals surface area contributed by atoms with Crippen molar-refractivity contribution < 1.29 is 0 Å². The van der Waals surface area contributed by atoms with Crippen LogP contribution in [-0.2, 0) is 0 Å². The Morgan fingerprint density at radius 1 is 1.31 bits per heavy atom. The van der Waals surface area contributed by atoms with Crippen molar-refractivity contribution in [3.05, 3.63) is 24.2 Å². The van der Waals surface area contributed by atoms with Gasteiger partial charge in [-0.1, -0.05) is 6.58 Å². The lowest BCUT2D eigenvalue weighted by molar-refractivity contribution is 1.23. The lowest BCUT2D eigenvalue weighted by Gasteiger charge is -1.87. The molecule has 0 aliphatic heterocycles. The summed E-state index contributed by atoms with van der Waals surface area (Å²) < 4.78 is 0. The average Bonchev–Trinajstić information content (AvgIpc) is 2.10. The summed E-state index contributed by atoms with van der Waals surface area (Å²) in [6, 6.07) is 0. The molecule has 0 amide bonds. The largest absolute Gasteiger partial charge is 0.398 e. The van der Waals surface area contributed by atoms with Crippen LogP contribution in [0.3, 0.4) is 0 Å². The number of nitrogens with zero attached hydrogens (tertiary/aromatic N) is 3. The molecule has 0 rings (SSSR count). The van der Waals surface area contributed by atoms with E-state index in [2.05, 4.69) is 21.6 Å². The molecular formula is C9H14N4. The van der Waals surface area contributed by atoms with Crippen molar-refractivity contribution in [1.29, 1.82) is 0 Å². The van der Waals surface area contributed by atoms with Crippen LogP contribution in [0.2, 0.25) is 0 Å². The van der Waals surface area contributed by atoms with Gasteiger partial charge in [-0.25, -0.2) is 15.0 Å². The van der Waals surface area contributed by atoms with E-state index in [4.69, 9.17) is 5.73 Å². The number of aliphatic imine (C=N–C) groups is 3. The summed E-state index contributed by atoms with van der Waals surface area (Å²) in [7, 11) is 0. The van der Waals surface area contributed by atoms with Gasteiger partial charge in [0.1, 0.15) is 12.2 Å². The molecule has 0 aromatic heterocycles. The van der Waals surface area contributed by atoms with Crippen molar-refractivity contribution in [3.63, 3.8) is 0 Å². The molecule has 0 aromatic carbocycles. The molecule has 0 spiro atoms. The quantitative estimate of drug-likeness (QED) is 0.514. The van der Waals surface area contributed by atoms with Crippen LogP contribution in [0.5, 0.6) is 0 Å². The lowest BCUT2D eigenvalue weighted by atomic mass is 10.6. The number of hydrogen-bond donors (Lipinski definition) is 1. The van der Waals surface area contributed by atoms with Gasteiger partial charge >= 0.3 is 0 Å². The number of allylic oxidation sites excluding steroid dienone is 2. The van der Waals surface area contributed by atoms with Crippen LogP contribution in [0.15, 0.2) is 39.2 Å². The first-order valence-corrected chi connectivity index (χ1v) is 3.85. The van der Waals surface area contributed by atoms with E-state index in [0.29, 0.717) is 11.5 Å². The number of nitrogens with two attached hydrogens (primary N) is 1. The molecule has 4 heteroatoms. The van der Waals surface area contributed by atoms with E-state index in [1.54, 1.807) is 12.3 Å². The SMILES string of the molecule is C=C(N)\C=N/C=N\C(=C\C)\N=C/C. The maximum Gasteiger partial charge on any atom is 0.148 e. The second-order valence-corrected chi connectivity index (χ2v) is 2.13. The van der Waals surface area contributed by atoms with Gasteiger partial charge in [-0.05, 0) is 19.9 Å². The Kier molecular flexibility index (Phi) is 6.05. The maximum atomic E-state index is 5.25. The van der Waals surface area contributed by atoms with Gasteiger partial charge < -0.3 is 5.73 Å². The topological polar surface area (TPSA) is 63.1 Å². The van der Waals surface area contributed by atoms with Crippen LogP contribution in [-0.4, -0.2) is 18.8 Å². The van der Waals surface area contributed by atoms with Gasteiger partial charge in [0.2, 0.25) is 0 Å². The number of hydrogen-bond acceptors (Lipinski definition) is 3. The van der Waals surface area contributed by atoms with Crippen molar-refractivity contribution in [2.24, 2.45) is 20.7 Å². The Balaban J connectivity index is 4.17. The van der Waals surface area contributed by atoms with Crippen LogP contribution in [0.25, 0.3) is 0 Å². The van der Waals surface area contributed by atoms with E-state index >= 15 is 0 Å². The summed E-state index contributed by atoms with van der Waals surface area (Å²) in [5, 5.41) is 0. The molecule has 0 bridgehead atoms. The summed E-state index contributed by atoms with van der Waals surface area (Å²) in [5.74, 6) is 0.613. The molecule has 0 fully saturated rings. The summed E-state index contributed by atoms with van der Waals surface area (Å²) in [6.45, 7) is 7.13. The molecule has 4 nitrogen and oxygen atoms in total. The third-order valence-electron chi connectivity index (χ3n) is 1.02. The van der Waals surface area contributed by atoms with Crippen molar-refractivity contribution in [3.8, 4) is 0 Å². The van der Waals surface area contributed by atoms with E-state index in [9.17, 15) is 0 Å². The zero-order chi connectivity index (χ0) is 10.1. The highest BCUT2D eigenvalue weighted by Gasteiger charge is 1.81. The van der Waals surface area contributed by atoms with Gasteiger partial charge in [-0.2, -0.15) is 0 Å². The van der Waals surface area contributed by atoms with Crippen molar-refractivity contribution in [1.82, 2.24) is 0 Å². The highest BCUT2D eigenvalue weighted by Crippen LogP contribution is 1.95. The minimum Gasteiger partial charge on any atom is -0.398 e. The first kappa shape index (κ1) is 11.3. The molecule has 0 heterocycles. The zero-order valence-electron chi connectivity index (χ0n) is 7.94. The normalized spacial score (nSPS) is 13.5. The van der Waals surface area contributed by atoms with Crippen molar-refractivity contribution in [2.45, 2.75) is 13.8 Å². The Hall–Kier alpha value is -1.71. The maximum absolute atomic E-state index is 5.25. The number of rotatable bonds is 4. The fourth-order valence-electron chi connectivity index (χ4n) is 0.536. The zero-order valence-corrected chi connectivity index (χ0v) is 7.94. The molecule has 0 aliphatic rings. The van der Waals surface area contributed by atoms with Crippen LogP contribution in [0.4, 0.5) is 0 Å². The van der Waals surface area contributed by atoms with Gasteiger partial charge in [0.05, 0.1) is 6.21 Å². The van der Waals surface area contributed by atoms with Crippen LogP contribution in [0, 0.1) is 0 Å². The minimum absolute atomic E-state index is 0.396. The molecule has 0 radical (unpaired) electrons. The van der Waals surface area contributed by atoms with Crippen LogP contribution in [0.1, 0.15) is 13.8 Å². The molecule has 0 aliphatic carbocycles. The van der Waals surface area contributed by atoms with E-state index in [0.717, 1.165) is 0 Å². The van der Waals surface area contributed by atoms with E-state index in [1.807, 2.05) is 13.8 Å². The predicted molar refractivity (Wildman–Crippen MR) is 58.2 cm³/mol. The smallest absolute Gasteiger partial charge is 0.148 e. The molecule has 0 saturated carbocycles. The molecule has 0 unspecified atom stereocenters. The second-order valence-electron chi connectivity index (χ2n) is 2.13. The Labute approximate surface area is 78.3 Å². The highest BCUT2D eigenvalue weighted by molar-refractivity contribution is 5.83. The van der Waals surface area contributed by atoms with Crippen molar-refractivity contribution in [2.75, 3.05) is 0 Å². The molecule has 13 heavy (non-hydrogen) atoms. The van der Waals surface area contributed by atoms with Gasteiger partial charge in [0, 0.05) is 11.9 Å². The van der Waals surface area contributed by atoms with Gasteiger partial charge in [0.15, 0.2) is 0 Å². The first-order chi connectivity index (χ1) is 6.20. The summed E-state index contributed by atoms with van der Waals surface area (Å²) in [4.78, 5) is 11.7. The lowest BCUT2D eigenvalue weighted by Crippen LogP contribution is -1.94.